The highest BCUT2D eigenvalue weighted by molar-refractivity contribution is 5.76. The molecule has 0 unspecified atom stereocenters. The molecule has 0 aliphatic heterocycles. The largest absolute Gasteiger partial charge is 0.481 e. The molecule has 0 saturated heterocycles. The molecule has 5 aliphatic carbocycles. The lowest BCUT2D eigenvalue weighted by Crippen LogP contribution is -2.63. The molecule has 0 radical (unpaired) electrons. The molecule has 5 saturated carbocycles. The van der Waals surface area contributed by atoms with Crippen LogP contribution in [0.3, 0.4) is 0 Å². The van der Waals surface area contributed by atoms with Gasteiger partial charge in [-0.1, -0.05) is 32.9 Å². The van der Waals surface area contributed by atoms with Crippen molar-refractivity contribution in [1.82, 2.24) is 0 Å². The SMILES string of the molecule is C=C(C)[C@H](O)CC[C@@H](C)[C@H]1CC[C@@]2(C)[C@@H]3CC[C@H]4[C@](C)(C(=O)O)[C@@H](O)C[C@H](O)[C@@]45C[C@@]35CC[C@]12C. The maximum absolute atomic E-state index is 12.5. The van der Waals surface area contributed by atoms with E-state index < -0.39 is 29.7 Å². The molecule has 0 bridgehead atoms. The van der Waals surface area contributed by atoms with Gasteiger partial charge in [-0.3, -0.25) is 4.79 Å². The zero-order valence-corrected chi connectivity index (χ0v) is 22.5. The number of aliphatic hydroxyl groups excluding tert-OH is 3. The van der Waals surface area contributed by atoms with Gasteiger partial charge < -0.3 is 20.4 Å². The second kappa shape index (κ2) is 7.80. The van der Waals surface area contributed by atoms with Crippen LogP contribution in [-0.4, -0.2) is 44.7 Å². The van der Waals surface area contributed by atoms with Crippen LogP contribution >= 0.6 is 0 Å². The first-order valence-electron chi connectivity index (χ1n) is 14.2. The van der Waals surface area contributed by atoms with Gasteiger partial charge in [0.05, 0.1) is 23.7 Å². The van der Waals surface area contributed by atoms with Gasteiger partial charge in [-0.2, -0.15) is 0 Å². The Labute approximate surface area is 211 Å². The van der Waals surface area contributed by atoms with Crippen LogP contribution in [0.5, 0.6) is 0 Å². The highest BCUT2D eigenvalue weighted by atomic mass is 16.4. The fourth-order valence-electron chi connectivity index (χ4n) is 11.2. The quantitative estimate of drug-likeness (QED) is 0.387. The van der Waals surface area contributed by atoms with E-state index in [1.54, 1.807) is 6.92 Å². The molecule has 0 amide bonds. The van der Waals surface area contributed by atoms with Crippen molar-refractivity contribution in [3.63, 3.8) is 0 Å². The van der Waals surface area contributed by atoms with E-state index in [2.05, 4.69) is 27.4 Å². The molecule has 35 heavy (non-hydrogen) atoms. The lowest BCUT2D eigenvalue weighted by atomic mass is 9.41. The number of aliphatic hydroxyl groups is 3. The van der Waals surface area contributed by atoms with Crippen molar-refractivity contribution in [3.8, 4) is 0 Å². The van der Waals surface area contributed by atoms with E-state index in [1.165, 1.54) is 12.8 Å². The van der Waals surface area contributed by atoms with E-state index in [0.29, 0.717) is 17.8 Å². The van der Waals surface area contributed by atoms with Crippen LogP contribution in [0.2, 0.25) is 0 Å². The fraction of sp³-hybridized carbons (Fsp3) is 0.900. The number of fused-ring (bicyclic) bond motifs is 2. The Kier molecular flexibility index (Phi) is 5.73. The minimum absolute atomic E-state index is 0.0225. The molecule has 4 N–H and O–H groups in total. The third kappa shape index (κ3) is 2.95. The van der Waals surface area contributed by atoms with Crippen molar-refractivity contribution in [1.29, 1.82) is 0 Å². The lowest BCUT2D eigenvalue weighted by Gasteiger charge is -2.63. The van der Waals surface area contributed by atoms with E-state index in [0.717, 1.165) is 50.5 Å². The molecule has 12 atom stereocenters. The number of carboxylic acid groups (broad SMARTS) is 1. The Morgan fingerprint density at radius 3 is 2.26 bits per heavy atom. The van der Waals surface area contributed by atoms with Gasteiger partial charge in [0.15, 0.2) is 0 Å². The number of aliphatic carboxylic acids is 1. The van der Waals surface area contributed by atoms with Crippen LogP contribution in [0, 0.1) is 50.7 Å². The summed E-state index contributed by atoms with van der Waals surface area (Å²) in [6, 6.07) is 0. The Bertz CT molecular complexity index is 916. The Morgan fingerprint density at radius 1 is 0.971 bits per heavy atom. The molecule has 2 spiro atoms. The number of rotatable bonds is 6. The van der Waals surface area contributed by atoms with E-state index >= 15 is 0 Å². The van der Waals surface area contributed by atoms with Gasteiger partial charge in [0.1, 0.15) is 0 Å². The predicted octanol–water partition coefficient (Wildman–Crippen LogP) is 5.18. The van der Waals surface area contributed by atoms with E-state index in [-0.39, 0.29) is 34.0 Å². The molecule has 5 fully saturated rings. The van der Waals surface area contributed by atoms with Gasteiger partial charge >= 0.3 is 5.97 Å². The predicted molar refractivity (Wildman–Crippen MR) is 135 cm³/mol. The summed E-state index contributed by atoms with van der Waals surface area (Å²) in [5.74, 6) is 0.610. The normalized spacial score (nSPS) is 54.0. The van der Waals surface area contributed by atoms with Crippen LogP contribution < -0.4 is 0 Å². The van der Waals surface area contributed by atoms with Crippen molar-refractivity contribution in [2.45, 2.75) is 117 Å². The zero-order valence-electron chi connectivity index (χ0n) is 22.5. The molecule has 0 aromatic carbocycles. The molecule has 5 aliphatic rings. The molecule has 0 heterocycles. The van der Waals surface area contributed by atoms with E-state index in [9.17, 15) is 25.2 Å². The Hall–Kier alpha value is -0.910. The first-order valence-corrected chi connectivity index (χ1v) is 14.2. The Balaban J connectivity index is 1.43. The number of hydrogen-bond acceptors (Lipinski definition) is 4. The summed E-state index contributed by atoms with van der Waals surface area (Å²) in [7, 11) is 0. The summed E-state index contributed by atoms with van der Waals surface area (Å²) in [5.41, 5.74) is -0.244. The topological polar surface area (TPSA) is 98.0 Å². The maximum atomic E-state index is 12.5. The summed E-state index contributed by atoms with van der Waals surface area (Å²) < 4.78 is 0. The molecule has 5 heteroatoms. The smallest absolute Gasteiger partial charge is 0.312 e. The van der Waals surface area contributed by atoms with Crippen LogP contribution in [0.4, 0.5) is 0 Å². The molecule has 0 aromatic rings. The molecule has 198 valence electrons. The number of carbonyl (C=O) groups is 1. The lowest BCUT2D eigenvalue weighted by molar-refractivity contribution is -0.210. The number of carboxylic acids is 1. The van der Waals surface area contributed by atoms with Gasteiger partial charge in [0.2, 0.25) is 0 Å². The Morgan fingerprint density at radius 2 is 1.63 bits per heavy atom. The van der Waals surface area contributed by atoms with Gasteiger partial charge in [-0.25, -0.2) is 0 Å². The zero-order chi connectivity index (χ0) is 25.8. The second-order valence-electron chi connectivity index (χ2n) is 14.3. The number of hydrogen-bond donors (Lipinski definition) is 4. The van der Waals surface area contributed by atoms with Crippen molar-refractivity contribution < 1.29 is 25.2 Å². The molecule has 0 aromatic heterocycles. The van der Waals surface area contributed by atoms with Gasteiger partial charge in [0, 0.05) is 11.8 Å². The van der Waals surface area contributed by atoms with Gasteiger partial charge in [0.25, 0.3) is 0 Å². The first-order chi connectivity index (χ1) is 16.2. The highest BCUT2D eigenvalue weighted by Gasteiger charge is 2.85. The van der Waals surface area contributed by atoms with Crippen molar-refractivity contribution in [3.05, 3.63) is 12.2 Å². The summed E-state index contributed by atoms with van der Waals surface area (Å²) in [6.45, 7) is 15.0. The third-order valence-electron chi connectivity index (χ3n) is 13.5. The minimum atomic E-state index is -1.17. The fourth-order valence-corrected chi connectivity index (χ4v) is 11.2. The summed E-state index contributed by atoms with van der Waals surface area (Å²) >= 11 is 0. The maximum Gasteiger partial charge on any atom is 0.312 e. The van der Waals surface area contributed by atoms with Crippen molar-refractivity contribution in [2.24, 2.45) is 50.7 Å². The molecular formula is C30H48O5. The van der Waals surface area contributed by atoms with Crippen molar-refractivity contribution in [2.75, 3.05) is 0 Å². The standard InChI is InChI=1S/C30H48O5/c1-17(2)20(31)8-7-18(3)19-11-12-27(5)21-9-10-22-28(6,25(34)35)23(32)15-24(33)30(22)16-29(21,30)14-13-26(19,27)4/h18-24,31-33H,1,7-16H2,2-6H3,(H,34,35)/t18-,19-,20-,21+,22+,23+,24+,26-,27+,28+,29+,30-/m1/s1. The molecule has 5 rings (SSSR count). The van der Waals surface area contributed by atoms with Crippen LogP contribution in [0.1, 0.15) is 98.8 Å². The van der Waals surface area contributed by atoms with Gasteiger partial charge in [-0.15, -0.1) is 0 Å². The third-order valence-corrected chi connectivity index (χ3v) is 13.5. The van der Waals surface area contributed by atoms with Crippen LogP contribution in [0.25, 0.3) is 0 Å². The minimum Gasteiger partial charge on any atom is -0.481 e. The monoisotopic (exact) mass is 488 g/mol. The second-order valence-corrected chi connectivity index (χ2v) is 14.3. The van der Waals surface area contributed by atoms with Crippen molar-refractivity contribution >= 4 is 5.97 Å². The van der Waals surface area contributed by atoms with Crippen LogP contribution in [-0.2, 0) is 4.79 Å². The first kappa shape index (κ1) is 25.7. The van der Waals surface area contributed by atoms with Gasteiger partial charge in [-0.05, 0) is 112 Å². The van der Waals surface area contributed by atoms with E-state index in [4.69, 9.17) is 0 Å². The summed E-state index contributed by atoms with van der Waals surface area (Å²) in [4.78, 5) is 12.5. The summed E-state index contributed by atoms with van der Waals surface area (Å²) in [6.07, 6.45) is 7.32. The average molecular weight is 489 g/mol. The van der Waals surface area contributed by atoms with Crippen LogP contribution in [0.15, 0.2) is 12.2 Å². The average Bonchev–Trinajstić information content (AvgIpc) is 3.40. The molecular weight excluding hydrogens is 440 g/mol. The molecule has 5 nitrogen and oxygen atoms in total. The van der Waals surface area contributed by atoms with E-state index in [1.807, 2.05) is 6.92 Å². The summed E-state index contributed by atoms with van der Waals surface area (Å²) in [5, 5.41) is 42.8. The highest BCUT2D eigenvalue weighted by Crippen LogP contribution is 2.89.